The highest BCUT2D eigenvalue weighted by Crippen LogP contribution is 2.13. The monoisotopic (exact) mass is 406 g/mol. The van der Waals surface area contributed by atoms with Crippen LogP contribution >= 0.6 is 23.2 Å². The molecule has 1 aliphatic heterocycles. The molecule has 5 nitrogen and oxygen atoms in total. The number of benzene rings is 2. The van der Waals surface area contributed by atoms with Gasteiger partial charge < -0.3 is 9.80 Å². The van der Waals surface area contributed by atoms with Crippen molar-refractivity contribution in [2.75, 3.05) is 32.7 Å². The molecule has 1 aliphatic rings. The molecule has 0 spiro atoms. The van der Waals surface area contributed by atoms with E-state index >= 15 is 0 Å². The largest absolute Gasteiger partial charge is 0.322 e. The number of hydrazone groups is 1. The maximum Gasteiger partial charge on any atom is 0.295 e. The number of nitrogens with zero attached hydrogens (tertiary/aromatic N) is 1. The van der Waals surface area contributed by atoms with Gasteiger partial charge in [-0.15, -0.1) is 0 Å². The quantitative estimate of drug-likeness (QED) is 0.472. The topological polar surface area (TPSA) is 50.3 Å². The number of piperazine rings is 1. The van der Waals surface area contributed by atoms with E-state index in [1.807, 2.05) is 36.4 Å². The molecule has 0 aliphatic carbocycles. The molecule has 0 unspecified atom stereocenters. The van der Waals surface area contributed by atoms with E-state index in [4.69, 9.17) is 23.2 Å². The van der Waals surface area contributed by atoms with E-state index in [0.717, 1.165) is 43.3 Å². The van der Waals surface area contributed by atoms with Crippen LogP contribution in [0.4, 0.5) is 0 Å². The van der Waals surface area contributed by atoms with Gasteiger partial charge in [0.15, 0.2) is 6.54 Å². The fourth-order valence-corrected chi connectivity index (χ4v) is 3.63. The Bertz CT molecular complexity index is 804. The van der Waals surface area contributed by atoms with Crippen LogP contribution < -0.4 is 15.2 Å². The van der Waals surface area contributed by atoms with E-state index in [9.17, 15) is 4.79 Å². The van der Waals surface area contributed by atoms with Crippen LogP contribution in [-0.2, 0) is 11.3 Å². The Hall–Kier alpha value is -1.92. The predicted octanol–water partition coefficient (Wildman–Crippen LogP) is 0.427. The molecule has 1 saturated heterocycles. The first-order chi connectivity index (χ1) is 13.1. The summed E-state index contributed by atoms with van der Waals surface area (Å²) in [6.07, 6.45) is 1.57. The summed E-state index contributed by atoms with van der Waals surface area (Å²) in [6.45, 7) is 5.33. The summed E-state index contributed by atoms with van der Waals surface area (Å²) in [5.74, 6) is -0.0807. The second kappa shape index (κ2) is 9.85. The highest BCUT2D eigenvalue weighted by Gasteiger charge is 2.25. The Balaban J connectivity index is 1.40. The average molecular weight is 407 g/mol. The minimum absolute atomic E-state index is 0.0807. The van der Waals surface area contributed by atoms with Gasteiger partial charge in [-0.1, -0.05) is 59.6 Å². The Kier molecular flexibility index (Phi) is 7.24. The Morgan fingerprint density at radius 3 is 2.30 bits per heavy atom. The number of amides is 1. The highest BCUT2D eigenvalue weighted by atomic mass is 35.5. The smallest absolute Gasteiger partial charge is 0.295 e. The number of nitrogens with one attached hydrogen (secondary N) is 3. The van der Waals surface area contributed by atoms with Crippen molar-refractivity contribution >= 4 is 35.3 Å². The number of carbonyl (C=O) groups is 1. The molecule has 0 radical (unpaired) electrons. The molecule has 27 heavy (non-hydrogen) atoms. The third-order valence-electron chi connectivity index (χ3n) is 4.77. The normalized spacial score (nSPS) is 19.9. The molecule has 1 amide bonds. The van der Waals surface area contributed by atoms with Crippen LogP contribution in [0.25, 0.3) is 0 Å². The zero-order chi connectivity index (χ0) is 19.1. The number of hydrogen-bond donors (Lipinski definition) is 3. The van der Waals surface area contributed by atoms with E-state index in [-0.39, 0.29) is 5.91 Å². The van der Waals surface area contributed by atoms with E-state index in [0.29, 0.717) is 11.6 Å². The van der Waals surface area contributed by atoms with Crippen molar-refractivity contribution in [1.29, 1.82) is 0 Å². The number of quaternary nitrogens is 2. The summed E-state index contributed by atoms with van der Waals surface area (Å²) in [6, 6.07) is 15.4. The van der Waals surface area contributed by atoms with Crippen molar-refractivity contribution in [3.05, 3.63) is 69.7 Å². The molecule has 0 saturated carbocycles. The SMILES string of the molecule is O=C(C[NH+]1CC[NH+](Cc2ccccc2Cl)CC1)N/N=C\c1ccccc1Cl. The van der Waals surface area contributed by atoms with E-state index in [2.05, 4.69) is 16.6 Å². The molecular formula is C20H24Cl2N4O+2. The van der Waals surface area contributed by atoms with Crippen molar-refractivity contribution in [2.45, 2.75) is 6.54 Å². The number of carbonyl (C=O) groups excluding carboxylic acids is 1. The van der Waals surface area contributed by atoms with Crippen LogP contribution in [0.5, 0.6) is 0 Å². The molecule has 2 aromatic rings. The zero-order valence-electron chi connectivity index (χ0n) is 15.1. The summed E-state index contributed by atoms with van der Waals surface area (Å²) in [5, 5.41) is 5.45. The molecular weight excluding hydrogens is 383 g/mol. The lowest BCUT2D eigenvalue weighted by Gasteiger charge is -2.29. The lowest BCUT2D eigenvalue weighted by molar-refractivity contribution is -1.02. The van der Waals surface area contributed by atoms with Gasteiger partial charge in [0.2, 0.25) is 0 Å². The molecule has 142 valence electrons. The van der Waals surface area contributed by atoms with Crippen molar-refractivity contribution < 1.29 is 14.6 Å². The first-order valence-corrected chi connectivity index (χ1v) is 9.84. The van der Waals surface area contributed by atoms with Crippen LogP contribution in [0.3, 0.4) is 0 Å². The molecule has 2 aromatic carbocycles. The standard InChI is InChI=1S/C20H22Cl2N4O/c21-18-7-3-1-5-16(18)13-23-24-20(27)15-26-11-9-25(10-12-26)14-17-6-2-4-8-19(17)22/h1-8,13H,9-12,14-15H2,(H,24,27)/p+2/b23-13-. The Morgan fingerprint density at radius 1 is 0.963 bits per heavy atom. The van der Waals surface area contributed by atoms with Crippen LogP contribution in [0.2, 0.25) is 10.0 Å². The third kappa shape index (κ3) is 6.04. The molecule has 7 heteroatoms. The molecule has 1 fully saturated rings. The van der Waals surface area contributed by atoms with Crippen molar-refractivity contribution in [2.24, 2.45) is 5.10 Å². The molecule has 3 N–H and O–H groups in total. The van der Waals surface area contributed by atoms with E-state index < -0.39 is 0 Å². The highest BCUT2D eigenvalue weighted by molar-refractivity contribution is 6.33. The first-order valence-electron chi connectivity index (χ1n) is 9.09. The summed E-state index contributed by atoms with van der Waals surface area (Å²) in [7, 11) is 0. The fraction of sp³-hybridized carbons (Fsp3) is 0.300. The van der Waals surface area contributed by atoms with Gasteiger partial charge >= 0.3 is 0 Å². The third-order valence-corrected chi connectivity index (χ3v) is 5.48. The van der Waals surface area contributed by atoms with Crippen LogP contribution in [-0.4, -0.2) is 44.8 Å². The number of halogens is 2. The van der Waals surface area contributed by atoms with Crippen molar-refractivity contribution in [3.63, 3.8) is 0 Å². The van der Waals surface area contributed by atoms with Gasteiger partial charge in [-0.3, -0.25) is 4.79 Å². The maximum absolute atomic E-state index is 12.1. The van der Waals surface area contributed by atoms with Crippen molar-refractivity contribution in [3.8, 4) is 0 Å². The summed E-state index contributed by atoms with van der Waals surface area (Å²) in [4.78, 5) is 14.9. The van der Waals surface area contributed by atoms with Crippen LogP contribution in [0.15, 0.2) is 53.6 Å². The van der Waals surface area contributed by atoms with Gasteiger partial charge in [0.1, 0.15) is 32.7 Å². The van der Waals surface area contributed by atoms with Gasteiger partial charge in [-0.25, -0.2) is 5.43 Å². The van der Waals surface area contributed by atoms with Gasteiger partial charge in [0.25, 0.3) is 5.91 Å². The van der Waals surface area contributed by atoms with Crippen molar-refractivity contribution in [1.82, 2.24) is 5.43 Å². The molecule has 0 atom stereocenters. The predicted molar refractivity (Wildman–Crippen MR) is 109 cm³/mol. The second-order valence-corrected chi connectivity index (χ2v) is 7.57. The van der Waals surface area contributed by atoms with Crippen LogP contribution in [0, 0.1) is 0 Å². The fourth-order valence-electron chi connectivity index (χ4n) is 3.24. The number of hydrogen-bond acceptors (Lipinski definition) is 2. The minimum Gasteiger partial charge on any atom is -0.322 e. The number of rotatable bonds is 6. The molecule has 1 heterocycles. The summed E-state index contributed by atoms with van der Waals surface area (Å²) < 4.78 is 0. The van der Waals surface area contributed by atoms with E-state index in [1.54, 1.807) is 12.3 Å². The Morgan fingerprint density at radius 2 is 1.59 bits per heavy atom. The Labute approximate surface area is 169 Å². The van der Waals surface area contributed by atoms with Gasteiger partial charge in [0, 0.05) is 21.2 Å². The summed E-state index contributed by atoms with van der Waals surface area (Å²) >= 11 is 12.3. The second-order valence-electron chi connectivity index (χ2n) is 6.76. The van der Waals surface area contributed by atoms with Gasteiger partial charge in [-0.2, -0.15) is 5.10 Å². The van der Waals surface area contributed by atoms with Gasteiger partial charge in [0.05, 0.1) is 6.21 Å². The maximum atomic E-state index is 12.1. The lowest BCUT2D eigenvalue weighted by atomic mass is 10.2. The van der Waals surface area contributed by atoms with Gasteiger partial charge in [-0.05, 0) is 12.1 Å². The molecule has 3 rings (SSSR count). The van der Waals surface area contributed by atoms with Crippen LogP contribution in [0.1, 0.15) is 11.1 Å². The minimum atomic E-state index is -0.0807. The molecule has 0 aromatic heterocycles. The lowest BCUT2D eigenvalue weighted by Crippen LogP contribution is -3.28. The zero-order valence-corrected chi connectivity index (χ0v) is 16.6. The molecule has 0 bridgehead atoms. The first kappa shape index (κ1) is 19.8. The average Bonchev–Trinajstić information content (AvgIpc) is 2.67. The summed E-state index contributed by atoms with van der Waals surface area (Å²) in [5.41, 5.74) is 4.56. The van der Waals surface area contributed by atoms with E-state index in [1.165, 1.54) is 15.4 Å².